The van der Waals surface area contributed by atoms with Crippen molar-refractivity contribution in [3.05, 3.63) is 57.0 Å². The Labute approximate surface area is 129 Å². The number of anilines is 2. The minimum atomic E-state index is -0.379. The van der Waals surface area contributed by atoms with Gasteiger partial charge in [-0.25, -0.2) is 4.79 Å². The van der Waals surface area contributed by atoms with E-state index in [0.717, 1.165) is 0 Å². The second kappa shape index (κ2) is 6.28. The Hall–Kier alpha value is -1.23. The number of para-hydroxylation sites is 1. The van der Waals surface area contributed by atoms with Crippen molar-refractivity contribution < 1.29 is 4.79 Å². The van der Waals surface area contributed by atoms with E-state index in [1.165, 1.54) is 0 Å². The largest absolute Gasteiger partial charge is 0.323 e. The lowest BCUT2D eigenvalue weighted by molar-refractivity contribution is 0.262. The van der Waals surface area contributed by atoms with Crippen molar-refractivity contribution in [2.45, 2.75) is 0 Å². The Bertz CT molecular complexity index is 619. The number of carbonyl (C=O) groups excluding carboxylic acids is 1. The van der Waals surface area contributed by atoms with Crippen LogP contribution in [0.3, 0.4) is 0 Å². The van der Waals surface area contributed by atoms with E-state index >= 15 is 0 Å². The molecule has 3 nitrogen and oxygen atoms in total. The number of halogens is 3. The van der Waals surface area contributed by atoms with Crippen molar-refractivity contribution in [2.24, 2.45) is 0 Å². The summed E-state index contributed by atoms with van der Waals surface area (Å²) in [6, 6.07) is 11.7. The molecular formula is C13H9BrCl2N2O. The van der Waals surface area contributed by atoms with E-state index in [-0.39, 0.29) is 6.03 Å². The number of urea groups is 1. The van der Waals surface area contributed by atoms with E-state index in [4.69, 9.17) is 23.2 Å². The van der Waals surface area contributed by atoms with Crippen LogP contribution in [0.25, 0.3) is 0 Å². The van der Waals surface area contributed by atoms with Gasteiger partial charge in [0, 0.05) is 9.50 Å². The predicted molar refractivity (Wildman–Crippen MR) is 83.2 cm³/mol. The summed E-state index contributed by atoms with van der Waals surface area (Å²) >= 11 is 15.1. The van der Waals surface area contributed by atoms with Gasteiger partial charge in [0.05, 0.1) is 16.4 Å². The zero-order chi connectivity index (χ0) is 13.8. The van der Waals surface area contributed by atoms with Gasteiger partial charge >= 0.3 is 6.03 Å². The summed E-state index contributed by atoms with van der Waals surface area (Å²) in [5, 5.41) is 6.43. The molecule has 2 amide bonds. The molecule has 0 aliphatic rings. The Balaban J connectivity index is 2.08. The molecule has 0 aromatic heterocycles. The molecule has 2 rings (SSSR count). The second-order valence-corrected chi connectivity index (χ2v) is 5.38. The molecular weight excluding hydrogens is 351 g/mol. The molecule has 0 aliphatic heterocycles. The summed E-state index contributed by atoms with van der Waals surface area (Å²) in [7, 11) is 0. The lowest BCUT2D eigenvalue weighted by Crippen LogP contribution is -2.19. The first-order chi connectivity index (χ1) is 9.06. The van der Waals surface area contributed by atoms with E-state index in [9.17, 15) is 4.79 Å². The smallest absolute Gasteiger partial charge is 0.307 e. The van der Waals surface area contributed by atoms with Crippen molar-refractivity contribution in [3.63, 3.8) is 0 Å². The maximum atomic E-state index is 11.8. The molecule has 0 radical (unpaired) electrons. The van der Waals surface area contributed by atoms with Gasteiger partial charge in [-0.1, -0.05) is 35.3 Å². The van der Waals surface area contributed by atoms with Crippen LogP contribution in [0.5, 0.6) is 0 Å². The lowest BCUT2D eigenvalue weighted by Gasteiger charge is -2.10. The quantitative estimate of drug-likeness (QED) is 0.740. The van der Waals surface area contributed by atoms with Crippen molar-refractivity contribution in [3.8, 4) is 0 Å². The van der Waals surface area contributed by atoms with Crippen LogP contribution in [-0.2, 0) is 0 Å². The number of amides is 2. The van der Waals surface area contributed by atoms with Crippen LogP contribution >= 0.6 is 39.1 Å². The molecule has 19 heavy (non-hydrogen) atoms. The summed E-state index contributed by atoms with van der Waals surface area (Å²) in [6.45, 7) is 0. The van der Waals surface area contributed by atoms with Gasteiger partial charge in [-0.05, 0) is 46.3 Å². The molecule has 2 N–H and O–H groups in total. The minimum absolute atomic E-state index is 0.379. The molecule has 0 aliphatic carbocycles. The molecule has 0 atom stereocenters. The summed E-state index contributed by atoms with van der Waals surface area (Å²) in [6.07, 6.45) is 0. The van der Waals surface area contributed by atoms with Crippen LogP contribution < -0.4 is 10.6 Å². The van der Waals surface area contributed by atoms with Crippen LogP contribution in [-0.4, -0.2) is 6.03 Å². The highest BCUT2D eigenvalue weighted by molar-refractivity contribution is 9.10. The molecule has 0 saturated heterocycles. The molecule has 98 valence electrons. The average molecular weight is 360 g/mol. The topological polar surface area (TPSA) is 41.1 Å². The van der Waals surface area contributed by atoms with Crippen LogP contribution in [0.4, 0.5) is 16.2 Å². The summed E-state index contributed by atoms with van der Waals surface area (Å²) in [5.74, 6) is 0. The highest BCUT2D eigenvalue weighted by atomic mass is 79.9. The van der Waals surface area contributed by atoms with Crippen LogP contribution in [0.2, 0.25) is 10.0 Å². The fourth-order valence-corrected chi connectivity index (χ4v) is 2.39. The van der Waals surface area contributed by atoms with E-state index < -0.39 is 0 Å². The molecule has 0 fully saturated rings. The molecule has 0 heterocycles. The fourth-order valence-electron chi connectivity index (χ4n) is 1.43. The Morgan fingerprint density at radius 1 is 1.00 bits per heavy atom. The van der Waals surface area contributed by atoms with Gasteiger partial charge in [0.2, 0.25) is 0 Å². The zero-order valence-corrected chi connectivity index (χ0v) is 12.7. The van der Waals surface area contributed by atoms with Gasteiger partial charge < -0.3 is 10.6 Å². The van der Waals surface area contributed by atoms with Gasteiger partial charge in [0.25, 0.3) is 0 Å². The fraction of sp³-hybridized carbons (Fsp3) is 0. The maximum absolute atomic E-state index is 11.8. The number of hydrogen-bond donors (Lipinski definition) is 2. The number of benzene rings is 2. The Morgan fingerprint density at radius 3 is 2.37 bits per heavy atom. The molecule has 6 heteroatoms. The summed E-state index contributed by atoms with van der Waals surface area (Å²) in [4.78, 5) is 11.8. The first-order valence-corrected chi connectivity index (χ1v) is 6.89. The van der Waals surface area contributed by atoms with Crippen molar-refractivity contribution in [2.75, 3.05) is 10.6 Å². The Kier molecular flexibility index (Phi) is 4.69. The van der Waals surface area contributed by atoms with E-state index in [1.54, 1.807) is 42.5 Å². The zero-order valence-electron chi connectivity index (χ0n) is 9.58. The minimum Gasteiger partial charge on any atom is -0.307 e. The first-order valence-electron chi connectivity index (χ1n) is 5.34. The Morgan fingerprint density at radius 2 is 1.68 bits per heavy atom. The van der Waals surface area contributed by atoms with Crippen molar-refractivity contribution in [1.29, 1.82) is 0 Å². The maximum Gasteiger partial charge on any atom is 0.323 e. The van der Waals surface area contributed by atoms with Gasteiger partial charge in [-0.2, -0.15) is 0 Å². The van der Waals surface area contributed by atoms with Crippen molar-refractivity contribution in [1.82, 2.24) is 0 Å². The summed E-state index contributed by atoms with van der Waals surface area (Å²) < 4.78 is 0.703. The molecule has 0 saturated carbocycles. The monoisotopic (exact) mass is 358 g/mol. The van der Waals surface area contributed by atoms with E-state index in [1.807, 2.05) is 0 Å². The molecule has 2 aromatic carbocycles. The SMILES string of the molecule is O=C(Nc1ccccc1Cl)Nc1ccc(Cl)cc1Br. The number of carbonyl (C=O) groups is 1. The highest BCUT2D eigenvalue weighted by Gasteiger charge is 2.07. The number of hydrogen-bond acceptors (Lipinski definition) is 1. The third-order valence-corrected chi connectivity index (χ3v) is 3.52. The first kappa shape index (κ1) is 14.2. The third-order valence-electron chi connectivity index (χ3n) is 2.30. The van der Waals surface area contributed by atoms with Crippen LogP contribution in [0.1, 0.15) is 0 Å². The van der Waals surface area contributed by atoms with E-state index in [2.05, 4.69) is 26.6 Å². The van der Waals surface area contributed by atoms with E-state index in [0.29, 0.717) is 25.9 Å². The van der Waals surface area contributed by atoms with Gasteiger partial charge in [-0.15, -0.1) is 0 Å². The molecule has 0 spiro atoms. The second-order valence-electron chi connectivity index (χ2n) is 3.68. The molecule has 2 aromatic rings. The molecule has 0 bridgehead atoms. The highest BCUT2D eigenvalue weighted by Crippen LogP contribution is 2.26. The third kappa shape index (κ3) is 3.86. The standard InChI is InChI=1S/C13H9BrCl2N2O/c14-9-7-8(15)5-6-11(9)17-13(19)18-12-4-2-1-3-10(12)16/h1-7H,(H2,17,18,19). The van der Waals surface area contributed by atoms with Gasteiger partial charge in [0.1, 0.15) is 0 Å². The lowest BCUT2D eigenvalue weighted by atomic mass is 10.3. The number of rotatable bonds is 2. The summed E-state index contributed by atoms with van der Waals surface area (Å²) in [5.41, 5.74) is 1.17. The van der Waals surface area contributed by atoms with Crippen LogP contribution in [0, 0.1) is 0 Å². The normalized spacial score (nSPS) is 10.1. The van der Waals surface area contributed by atoms with Gasteiger partial charge in [0.15, 0.2) is 0 Å². The van der Waals surface area contributed by atoms with Gasteiger partial charge in [-0.3, -0.25) is 0 Å². The number of nitrogens with one attached hydrogen (secondary N) is 2. The van der Waals surface area contributed by atoms with Crippen LogP contribution in [0.15, 0.2) is 46.9 Å². The predicted octanol–water partition coefficient (Wildman–Crippen LogP) is 5.40. The average Bonchev–Trinajstić information content (AvgIpc) is 2.36. The van der Waals surface area contributed by atoms with Crippen molar-refractivity contribution >= 4 is 56.5 Å². The molecule has 0 unspecified atom stereocenters.